The Kier molecular flexibility index (Phi) is 4.05. The monoisotopic (exact) mass is 236 g/mol. The van der Waals surface area contributed by atoms with Crippen molar-refractivity contribution in [1.82, 2.24) is 9.78 Å². The van der Waals surface area contributed by atoms with Gasteiger partial charge in [0.25, 0.3) is 0 Å². The third-order valence-electron chi connectivity index (χ3n) is 1.80. The third kappa shape index (κ3) is 3.65. The molecule has 0 aliphatic carbocycles. The molecule has 0 radical (unpaired) electrons. The van der Waals surface area contributed by atoms with Gasteiger partial charge in [0.1, 0.15) is 18.9 Å². The second kappa shape index (κ2) is 5.11. The lowest BCUT2D eigenvalue weighted by molar-refractivity contribution is -0.170. The van der Waals surface area contributed by atoms with E-state index in [0.717, 1.165) is 0 Å². The van der Waals surface area contributed by atoms with Crippen molar-refractivity contribution in [3.63, 3.8) is 0 Å². The number of aryl methyl sites for hydroxylation is 1. The lowest BCUT2D eigenvalue weighted by atomic mass is 10.3. The highest BCUT2D eigenvalue weighted by Crippen LogP contribution is 2.14. The normalized spacial score (nSPS) is 11.8. The van der Waals surface area contributed by atoms with Gasteiger partial charge in [0.05, 0.1) is 0 Å². The fourth-order valence-electron chi connectivity index (χ4n) is 1.15. The molecule has 0 unspecified atom stereocenters. The minimum atomic E-state index is -4.41. The summed E-state index contributed by atoms with van der Waals surface area (Å²) in [6.45, 7) is 0.248. The Morgan fingerprint density at radius 1 is 1.56 bits per heavy atom. The van der Waals surface area contributed by atoms with Crippen LogP contribution in [0.25, 0.3) is 0 Å². The molecular weight excluding hydrogens is 225 g/mol. The molecule has 0 fully saturated rings. The zero-order chi connectivity index (χ0) is 12.2. The maximum atomic E-state index is 11.7. The van der Waals surface area contributed by atoms with Crippen LogP contribution in [0, 0.1) is 0 Å². The molecule has 0 atom stereocenters. The maximum absolute atomic E-state index is 11.7. The van der Waals surface area contributed by atoms with E-state index < -0.39 is 25.2 Å². The van der Waals surface area contributed by atoms with E-state index in [9.17, 15) is 18.0 Å². The molecule has 1 aromatic heterocycles. The number of carbonyl (C=O) groups excluding carboxylic acids is 1. The Bertz CT molecular complexity index is 360. The molecule has 16 heavy (non-hydrogen) atoms. The number of ether oxygens (including phenoxy) is 1. The van der Waals surface area contributed by atoms with Crippen molar-refractivity contribution in [3.05, 3.63) is 18.0 Å². The second-order valence-corrected chi connectivity index (χ2v) is 3.06. The van der Waals surface area contributed by atoms with E-state index in [4.69, 9.17) is 0 Å². The number of nitrogens with zero attached hydrogens (tertiary/aromatic N) is 2. The van der Waals surface area contributed by atoms with Gasteiger partial charge in [-0.05, 0) is 13.0 Å². The molecule has 0 bridgehead atoms. The van der Waals surface area contributed by atoms with Crippen LogP contribution in [0.15, 0.2) is 12.3 Å². The van der Waals surface area contributed by atoms with Crippen molar-refractivity contribution in [2.45, 2.75) is 19.6 Å². The van der Waals surface area contributed by atoms with Crippen LogP contribution < -0.4 is 0 Å². The molecule has 1 heterocycles. The first-order valence-electron chi connectivity index (χ1n) is 4.63. The van der Waals surface area contributed by atoms with Crippen molar-refractivity contribution in [3.8, 4) is 0 Å². The molecule has 7 heteroatoms. The first-order chi connectivity index (χ1) is 7.44. The summed E-state index contributed by atoms with van der Waals surface area (Å²) in [6, 6.07) is 1.45. The molecule has 1 rings (SSSR count). The van der Waals surface area contributed by atoms with Gasteiger partial charge in [-0.1, -0.05) is 0 Å². The average molecular weight is 236 g/mol. The number of rotatable bonds is 5. The molecule has 0 saturated carbocycles. The summed E-state index contributed by atoms with van der Waals surface area (Å²) in [5.74, 6) is -0.511. The fourth-order valence-corrected chi connectivity index (χ4v) is 1.15. The van der Waals surface area contributed by atoms with Crippen molar-refractivity contribution >= 4 is 5.78 Å². The molecule has 1 aromatic rings. The zero-order valence-corrected chi connectivity index (χ0v) is 8.62. The maximum Gasteiger partial charge on any atom is 0.411 e. The van der Waals surface area contributed by atoms with Gasteiger partial charge in [0, 0.05) is 12.7 Å². The Morgan fingerprint density at radius 3 is 2.81 bits per heavy atom. The topological polar surface area (TPSA) is 44.1 Å². The van der Waals surface area contributed by atoms with Gasteiger partial charge in [-0.2, -0.15) is 18.3 Å². The highest BCUT2D eigenvalue weighted by molar-refractivity contribution is 5.95. The van der Waals surface area contributed by atoms with Gasteiger partial charge in [0.2, 0.25) is 5.78 Å². The molecule has 0 spiro atoms. The van der Waals surface area contributed by atoms with Crippen LogP contribution in [0.4, 0.5) is 13.2 Å². The molecule has 90 valence electrons. The van der Waals surface area contributed by atoms with Gasteiger partial charge < -0.3 is 4.74 Å². The van der Waals surface area contributed by atoms with Crippen molar-refractivity contribution in [2.24, 2.45) is 0 Å². The number of carbonyl (C=O) groups is 1. The molecule has 0 aliphatic rings. The first kappa shape index (κ1) is 12.7. The lowest BCUT2D eigenvalue weighted by Gasteiger charge is -2.07. The Labute approximate surface area is 90.0 Å². The van der Waals surface area contributed by atoms with Crippen LogP contribution >= 0.6 is 0 Å². The smallest absolute Gasteiger partial charge is 0.364 e. The predicted octanol–water partition coefficient (Wildman–Crippen LogP) is 1.66. The number of hydrogen-bond acceptors (Lipinski definition) is 3. The standard InChI is InChI=1S/C9H11F3N2O2/c1-2-14-7(3-4-13-14)8(15)5-16-6-9(10,11)12/h3-4H,2,5-6H2,1H3. The van der Waals surface area contributed by atoms with E-state index in [1.807, 2.05) is 0 Å². The van der Waals surface area contributed by atoms with Crippen molar-refractivity contribution in [2.75, 3.05) is 13.2 Å². The van der Waals surface area contributed by atoms with Crippen LogP contribution in [-0.4, -0.2) is 35.0 Å². The van der Waals surface area contributed by atoms with E-state index in [1.54, 1.807) is 6.92 Å². The van der Waals surface area contributed by atoms with Gasteiger partial charge >= 0.3 is 6.18 Å². The minimum Gasteiger partial charge on any atom is -0.364 e. The summed E-state index contributed by atoms with van der Waals surface area (Å²) in [5, 5.41) is 3.83. The molecule has 0 aliphatic heterocycles. The fraction of sp³-hybridized carbons (Fsp3) is 0.556. The summed E-state index contributed by atoms with van der Waals surface area (Å²) < 4.78 is 40.9. The summed E-state index contributed by atoms with van der Waals surface area (Å²) >= 11 is 0. The largest absolute Gasteiger partial charge is 0.411 e. The average Bonchev–Trinajstić information content (AvgIpc) is 2.63. The van der Waals surface area contributed by atoms with Crippen LogP contribution in [-0.2, 0) is 11.3 Å². The van der Waals surface area contributed by atoms with Gasteiger partial charge in [-0.25, -0.2) is 0 Å². The minimum absolute atomic E-state index is 0.254. The van der Waals surface area contributed by atoms with E-state index >= 15 is 0 Å². The number of ketones is 1. The predicted molar refractivity (Wildman–Crippen MR) is 49.1 cm³/mol. The Morgan fingerprint density at radius 2 is 2.25 bits per heavy atom. The molecule has 0 saturated heterocycles. The molecular formula is C9H11F3N2O2. The Hall–Kier alpha value is -1.37. The van der Waals surface area contributed by atoms with E-state index in [0.29, 0.717) is 6.54 Å². The quantitative estimate of drug-likeness (QED) is 0.730. The highest BCUT2D eigenvalue weighted by atomic mass is 19.4. The van der Waals surface area contributed by atoms with Crippen molar-refractivity contribution < 1.29 is 22.7 Å². The summed E-state index contributed by atoms with van der Waals surface area (Å²) in [6.07, 6.45) is -2.99. The lowest BCUT2D eigenvalue weighted by Crippen LogP contribution is -2.21. The SMILES string of the molecule is CCn1nccc1C(=O)COCC(F)(F)F. The first-order valence-corrected chi connectivity index (χ1v) is 4.63. The highest BCUT2D eigenvalue weighted by Gasteiger charge is 2.28. The molecule has 0 amide bonds. The number of hydrogen-bond donors (Lipinski definition) is 0. The molecule has 0 N–H and O–H groups in total. The van der Waals surface area contributed by atoms with Crippen LogP contribution in [0.1, 0.15) is 17.4 Å². The van der Waals surface area contributed by atoms with Crippen LogP contribution in [0.3, 0.4) is 0 Å². The van der Waals surface area contributed by atoms with E-state index in [-0.39, 0.29) is 5.69 Å². The van der Waals surface area contributed by atoms with Gasteiger partial charge in [-0.15, -0.1) is 0 Å². The van der Waals surface area contributed by atoms with Crippen LogP contribution in [0.5, 0.6) is 0 Å². The summed E-state index contributed by atoms with van der Waals surface area (Å²) in [5.41, 5.74) is 0.254. The number of Topliss-reactive ketones (excluding diaryl/α,β-unsaturated/α-hetero) is 1. The molecule has 4 nitrogen and oxygen atoms in total. The van der Waals surface area contributed by atoms with Crippen LogP contribution in [0.2, 0.25) is 0 Å². The summed E-state index contributed by atoms with van der Waals surface area (Å²) in [4.78, 5) is 11.4. The second-order valence-electron chi connectivity index (χ2n) is 3.06. The van der Waals surface area contributed by atoms with E-state index in [2.05, 4.69) is 9.84 Å². The van der Waals surface area contributed by atoms with Crippen molar-refractivity contribution in [1.29, 1.82) is 0 Å². The van der Waals surface area contributed by atoms with Gasteiger partial charge in [-0.3, -0.25) is 9.48 Å². The van der Waals surface area contributed by atoms with Gasteiger partial charge in [0.15, 0.2) is 0 Å². The zero-order valence-electron chi connectivity index (χ0n) is 8.62. The number of aromatic nitrogens is 2. The Balaban J connectivity index is 2.47. The molecule has 0 aromatic carbocycles. The van der Waals surface area contributed by atoms with E-state index in [1.165, 1.54) is 16.9 Å². The third-order valence-corrected chi connectivity index (χ3v) is 1.80. The number of halogens is 3. The number of alkyl halides is 3. The summed E-state index contributed by atoms with van der Waals surface area (Å²) in [7, 11) is 0.